The molecule has 0 saturated carbocycles. The molecule has 0 aliphatic rings. The minimum absolute atomic E-state index is 0.0867. The number of urea groups is 1. The van der Waals surface area contributed by atoms with E-state index in [1.165, 1.54) is 12.1 Å². The predicted octanol–water partition coefficient (Wildman–Crippen LogP) is 6.56. The van der Waals surface area contributed by atoms with Gasteiger partial charge in [-0.2, -0.15) is 21.6 Å². The zero-order valence-corrected chi connectivity index (χ0v) is 22.0. The molecule has 7 nitrogen and oxygen atoms in total. The maximum Gasteiger partial charge on any atom is 0.416 e. The summed E-state index contributed by atoms with van der Waals surface area (Å²) in [5, 5.41) is 2.84. The van der Waals surface area contributed by atoms with Gasteiger partial charge in [0.15, 0.2) is 0 Å². The van der Waals surface area contributed by atoms with Gasteiger partial charge in [0.25, 0.3) is 0 Å². The third-order valence-corrected chi connectivity index (χ3v) is 6.46. The summed E-state index contributed by atoms with van der Waals surface area (Å²) in [6.07, 6.45) is -4.70. The first kappa shape index (κ1) is 28.8. The van der Waals surface area contributed by atoms with Crippen molar-refractivity contribution in [1.29, 1.82) is 0 Å². The van der Waals surface area contributed by atoms with Crippen LogP contribution in [0.4, 0.5) is 23.7 Å². The fraction of sp³-hybridized carbons (Fsp3) is 0.296. The summed E-state index contributed by atoms with van der Waals surface area (Å²) in [6, 6.07) is 16.0. The van der Waals surface area contributed by atoms with Gasteiger partial charge < -0.3 is 19.1 Å². The lowest BCUT2D eigenvalue weighted by molar-refractivity contribution is -0.137. The molecule has 0 bridgehead atoms. The van der Waals surface area contributed by atoms with Gasteiger partial charge in [-0.1, -0.05) is 32.0 Å². The maximum atomic E-state index is 13.0. The average molecular weight is 551 g/mol. The standard InChI is InChI=1S/C27H29F3N2O5S/c1-4-36-23-13-11-22(12-14-23)31-26(33)32(17-19(2)3)18-20-7-5-9-24(15-20)37-38(34,35)25-10-6-8-21(16-25)27(28,29)30/h5-16,19H,4,17-18H2,1-3H3,(H,31,33). The van der Waals surface area contributed by atoms with Gasteiger partial charge in [0, 0.05) is 18.8 Å². The molecular formula is C27H29F3N2O5S. The zero-order valence-electron chi connectivity index (χ0n) is 21.2. The Morgan fingerprint density at radius 2 is 1.66 bits per heavy atom. The van der Waals surface area contributed by atoms with Crippen LogP contribution >= 0.6 is 0 Å². The van der Waals surface area contributed by atoms with Crippen LogP contribution in [0.25, 0.3) is 0 Å². The van der Waals surface area contributed by atoms with Crippen LogP contribution in [0.3, 0.4) is 0 Å². The molecule has 0 atom stereocenters. The van der Waals surface area contributed by atoms with Crippen LogP contribution in [0.5, 0.6) is 11.5 Å². The Balaban J connectivity index is 1.76. The summed E-state index contributed by atoms with van der Waals surface area (Å²) < 4.78 is 74.9. The van der Waals surface area contributed by atoms with Crippen molar-refractivity contribution in [2.75, 3.05) is 18.5 Å². The monoisotopic (exact) mass is 550 g/mol. The molecule has 38 heavy (non-hydrogen) atoms. The minimum atomic E-state index is -4.70. The second-order valence-corrected chi connectivity index (χ2v) is 10.4. The Hall–Kier alpha value is -3.73. The summed E-state index contributed by atoms with van der Waals surface area (Å²) in [4.78, 5) is 14.0. The summed E-state index contributed by atoms with van der Waals surface area (Å²) in [7, 11) is -4.53. The number of halogens is 3. The predicted molar refractivity (Wildman–Crippen MR) is 138 cm³/mol. The Morgan fingerprint density at radius 3 is 2.29 bits per heavy atom. The fourth-order valence-corrected chi connectivity index (χ4v) is 4.55. The maximum absolute atomic E-state index is 13.0. The number of benzene rings is 3. The normalized spacial score (nSPS) is 11.8. The van der Waals surface area contributed by atoms with Crippen LogP contribution in [0.15, 0.2) is 77.7 Å². The Morgan fingerprint density at radius 1 is 0.974 bits per heavy atom. The lowest BCUT2D eigenvalue weighted by Gasteiger charge is -2.25. The van der Waals surface area contributed by atoms with E-state index in [0.717, 1.165) is 18.2 Å². The van der Waals surface area contributed by atoms with Gasteiger partial charge in [-0.25, -0.2) is 4.79 Å². The van der Waals surface area contributed by atoms with Crippen molar-refractivity contribution < 1.29 is 35.3 Å². The Kier molecular flexibility index (Phi) is 9.26. The van der Waals surface area contributed by atoms with Crippen molar-refractivity contribution in [2.24, 2.45) is 5.92 Å². The summed E-state index contributed by atoms with van der Waals surface area (Å²) in [6.45, 7) is 6.87. The zero-order chi connectivity index (χ0) is 27.9. The quantitative estimate of drug-likeness (QED) is 0.289. The fourth-order valence-electron chi connectivity index (χ4n) is 3.58. The molecule has 0 aliphatic carbocycles. The molecule has 0 aliphatic heterocycles. The number of amides is 2. The van der Waals surface area contributed by atoms with Crippen LogP contribution in [0.2, 0.25) is 0 Å². The van der Waals surface area contributed by atoms with Crippen molar-refractivity contribution in [3.05, 3.63) is 83.9 Å². The van der Waals surface area contributed by atoms with E-state index >= 15 is 0 Å². The first-order chi connectivity index (χ1) is 17.9. The molecule has 204 valence electrons. The van der Waals surface area contributed by atoms with E-state index in [9.17, 15) is 26.4 Å². The number of carbonyl (C=O) groups is 1. The van der Waals surface area contributed by atoms with Crippen LogP contribution < -0.4 is 14.2 Å². The van der Waals surface area contributed by atoms with E-state index in [4.69, 9.17) is 8.92 Å². The van der Waals surface area contributed by atoms with Gasteiger partial charge >= 0.3 is 22.3 Å². The number of anilines is 1. The summed E-state index contributed by atoms with van der Waals surface area (Å²) >= 11 is 0. The number of nitrogens with one attached hydrogen (secondary N) is 1. The number of rotatable bonds is 10. The second kappa shape index (κ2) is 12.2. The van der Waals surface area contributed by atoms with Crippen molar-refractivity contribution in [2.45, 2.75) is 38.4 Å². The first-order valence-electron chi connectivity index (χ1n) is 11.9. The van der Waals surface area contributed by atoms with Crippen LogP contribution in [0, 0.1) is 5.92 Å². The third-order valence-electron chi connectivity index (χ3n) is 5.22. The molecule has 0 aromatic heterocycles. The van der Waals surface area contributed by atoms with Gasteiger partial charge in [0.05, 0.1) is 12.2 Å². The van der Waals surface area contributed by atoms with Gasteiger partial charge in [0.1, 0.15) is 16.4 Å². The molecule has 3 aromatic rings. The number of alkyl halides is 3. The lowest BCUT2D eigenvalue weighted by atomic mass is 10.1. The SMILES string of the molecule is CCOc1ccc(NC(=O)N(Cc2cccc(OS(=O)(=O)c3cccc(C(F)(F)F)c3)c2)CC(C)C)cc1. The Labute approximate surface area is 220 Å². The smallest absolute Gasteiger partial charge is 0.416 e. The minimum Gasteiger partial charge on any atom is -0.494 e. The highest BCUT2D eigenvalue weighted by Gasteiger charge is 2.32. The summed E-state index contributed by atoms with van der Waals surface area (Å²) in [5.74, 6) is 0.736. The van der Waals surface area contributed by atoms with E-state index in [-0.39, 0.29) is 24.2 Å². The molecule has 0 fully saturated rings. The molecule has 1 N–H and O–H groups in total. The van der Waals surface area contributed by atoms with E-state index in [2.05, 4.69) is 5.32 Å². The third kappa shape index (κ3) is 8.14. The van der Waals surface area contributed by atoms with Crippen LogP contribution in [-0.4, -0.2) is 32.5 Å². The van der Waals surface area contributed by atoms with Crippen molar-refractivity contribution in [3.8, 4) is 11.5 Å². The highest BCUT2D eigenvalue weighted by molar-refractivity contribution is 7.87. The van der Waals surface area contributed by atoms with Crippen LogP contribution in [0.1, 0.15) is 31.9 Å². The molecule has 0 radical (unpaired) electrons. The largest absolute Gasteiger partial charge is 0.494 e. The molecule has 2 amide bonds. The van der Waals surface area contributed by atoms with Crippen molar-refractivity contribution in [3.63, 3.8) is 0 Å². The van der Waals surface area contributed by atoms with Crippen molar-refractivity contribution in [1.82, 2.24) is 4.90 Å². The summed E-state index contributed by atoms with van der Waals surface area (Å²) in [5.41, 5.74) is 0.0551. The van der Waals surface area contributed by atoms with E-state index in [0.29, 0.717) is 36.2 Å². The molecule has 11 heteroatoms. The van der Waals surface area contributed by atoms with E-state index in [1.54, 1.807) is 41.3 Å². The topological polar surface area (TPSA) is 84.9 Å². The Bertz CT molecular complexity index is 1340. The molecule has 0 saturated heterocycles. The molecule has 3 rings (SSSR count). The molecule has 0 spiro atoms. The van der Waals surface area contributed by atoms with Crippen molar-refractivity contribution >= 4 is 21.8 Å². The number of carbonyl (C=O) groups excluding carboxylic acids is 1. The lowest BCUT2D eigenvalue weighted by Crippen LogP contribution is -2.37. The molecule has 0 heterocycles. The van der Waals surface area contributed by atoms with Gasteiger partial charge in [-0.05, 0) is 73.0 Å². The molecular weight excluding hydrogens is 521 g/mol. The second-order valence-electron chi connectivity index (χ2n) is 8.87. The number of ether oxygens (including phenoxy) is 1. The first-order valence-corrected chi connectivity index (χ1v) is 13.3. The van der Waals surface area contributed by atoms with Gasteiger partial charge in [0.2, 0.25) is 0 Å². The highest BCUT2D eigenvalue weighted by atomic mass is 32.2. The van der Waals surface area contributed by atoms with Gasteiger partial charge in [-0.15, -0.1) is 0 Å². The van der Waals surface area contributed by atoms with E-state index in [1.807, 2.05) is 20.8 Å². The van der Waals surface area contributed by atoms with E-state index < -0.39 is 26.8 Å². The number of hydrogen-bond acceptors (Lipinski definition) is 5. The van der Waals surface area contributed by atoms with Gasteiger partial charge in [-0.3, -0.25) is 0 Å². The molecule has 0 unspecified atom stereocenters. The van der Waals surface area contributed by atoms with Crippen LogP contribution in [-0.2, 0) is 22.8 Å². The molecule has 3 aromatic carbocycles. The number of nitrogens with zero attached hydrogens (tertiary/aromatic N) is 1. The average Bonchev–Trinajstić information content (AvgIpc) is 2.84. The number of hydrogen-bond donors (Lipinski definition) is 1. The highest BCUT2D eigenvalue weighted by Crippen LogP contribution is 2.31.